The molecule has 116 valence electrons. The number of nitrogens with zero attached hydrogens (tertiary/aromatic N) is 4. The van der Waals surface area contributed by atoms with Crippen LogP contribution in [0.5, 0.6) is 6.01 Å². The zero-order valence-corrected chi connectivity index (χ0v) is 12.6. The van der Waals surface area contributed by atoms with E-state index in [-0.39, 0.29) is 0 Å². The van der Waals surface area contributed by atoms with Gasteiger partial charge in [0.15, 0.2) is 0 Å². The lowest BCUT2D eigenvalue weighted by Gasteiger charge is -2.44. The number of hydrogen-bond acceptors (Lipinski definition) is 7. The Balaban J connectivity index is 1.71. The summed E-state index contributed by atoms with van der Waals surface area (Å²) in [4.78, 5) is 14.9. The number of nitrogen functional groups attached to an aromatic ring is 1. The van der Waals surface area contributed by atoms with Crippen molar-refractivity contribution in [3.63, 3.8) is 0 Å². The van der Waals surface area contributed by atoms with E-state index in [1.54, 1.807) is 7.11 Å². The van der Waals surface area contributed by atoms with Gasteiger partial charge in [0.2, 0.25) is 11.9 Å². The number of ether oxygens (including phenoxy) is 1. The minimum atomic E-state index is 0.297. The van der Waals surface area contributed by atoms with Gasteiger partial charge in [0.05, 0.1) is 7.11 Å². The molecule has 2 aliphatic rings. The third-order valence-corrected chi connectivity index (χ3v) is 4.94. The maximum atomic E-state index is 5.41. The van der Waals surface area contributed by atoms with E-state index in [2.05, 4.69) is 25.3 Å². The fourth-order valence-corrected chi connectivity index (χ4v) is 3.63. The normalized spacial score (nSPS) is 21.3. The molecule has 1 saturated carbocycles. The lowest BCUT2D eigenvalue weighted by atomic mass is 9.68. The molecule has 21 heavy (non-hydrogen) atoms. The van der Waals surface area contributed by atoms with Crippen molar-refractivity contribution in [2.75, 3.05) is 30.5 Å². The van der Waals surface area contributed by atoms with Crippen LogP contribution in [0.25, 0.3) is 0 Å². The van der Waals surface area contributed by atoms with Crippen molar-refractivity contribution in [3.05, 3.63) is 0 Å². The van der Waals surface area contributed by atoms with Crippen LogP contribution in [0.1, 0.15) is 44.9 Å². The van der Waals surface area contributed by atoms with Gasteiger partial charge in [0.25, 0.3) is 0 Å². The molecule has 1 aliphatic carbocycles. The van der Waals surface area contributed by atoms with E-state index in [0.29, 0.717) is 23.3 Å². The van der Waals surface area contributed by atoms with Gasteiger partial charge in [-0.15, -0.1) is 0 Å². The molecule has 0 bridgehead atoms. The Morgan fingerprint density at radius 2 is 1.76 bits per heavy atom. The van der Waals surface area contributed by atoms with Crippen LogP contribution in [0.2, 0.25) is 0 Å². The van der Waals surface area contributed by atoms with Crippen molar-refractivity contribution in [2.45, 2.75) is 44.9 Å². The third-order valence-electron chi connectivity index (χ3n) is 4.94. The Hall–Kier alpha value is -1.63. The molecule has 7 nitrogen and oxygen atoms in total. The molecule has 1 aliphatic heterocycles. The summed E-state index contributed by atoms with van der Waals surface area (Å²) in [5.41, 5.74) is 3.04. The van der Waals surface area contributed by atoms with E-state index in [4.69, 9.17) is 10.6 Å². The summed E-state index contributed by atoms with van der Waals surface area (Å²) in [5, 5.41) is 0. The molecule has 0 atom stereocenters. The first-order valence-corrected chi connectivity index (χ1v) is 7.76. The quantitative estimate of drug-likeness (QED) is 0.647. The molecule has 0 radical (unpaired) electrons. The molecule has 0 amide bonds. The minimum absolute atomic E-state index is 0.297. The number of nitrogens with one attached hydrogen (secondary N) is 1. The highest BCUT2D eigenvalue weighted by atomic mass is 16.5. The lowest BCUT2D eigenvalue weighted by molar-refractivity contribution is 0.143. The average molecular weight is 292 g/mol. The van der Waals surface area contributed by atoms with Gasteiger partial charge in [0, 0.05) is 13.1 Å². The number of piperidine rings is 1. The van der Waals surface area contributed by atoms with Gasteiger partial charge in [-0.1, -0.05) is 19.3 Å². The number of hydrogen-bond donors (Lipinski definition) is 2. The Kier molecular flexibility index (Phi) is 4.10. The number of nitrogens with two attached hydrogens (primary N) is 1. The SMILES string of the molecule is COc1nc(NN)nc(N2CCC3(CCCCC3)CC2)n1. The van der Waals surface area contributed by atoms with Crippen molar-refractivity contribution in [1.29, 1.82) is 0 Å². The summed E-state index contributed by atoms with van der Waals surface area (Å²) in [6, 6.07) is 0.297. The predicted octanol–water partition coefficient (Wildman–Crippen LogP) is 1.72. The molecule has 0 unspecified atom stereocenters. The van der Waals surface area contributed by atoms with Crippen LogP contribution in [0, 0.1) is 5.41 Å². The Bertz CT molecular complexity index is 456. The Morgan fingerprint density at radius 1 is 1.05 bits per heavy atom. The highest BCUT2D eigenvalue weighted by Gasteiger charge is 2.36. The maximum Gasteiger partial charge on any atom is 0.322 e. The topological polar surface area (TPSA) is 89.2 Å². The van der Waals surface area contributed by atoms with Gasteiger partial charge in [-0.05, 0) is 31.1 Å². The molecule has 0 aromatic carbocycles. The molecule has 1 aromatic rings. The van der Waals surface area contributed by atoms with Crippen molar-refractivity contribution >= 4 is 11.9 Å². The molecular weight excluding hydrogens is 268 g/mol. The molecule has 3 N–H and O–H groups in total. The first-order valence-electron chi connectivity index (χ1n) is 7.76. The van der Waals surface area contributed by atoms with Gasteiger partial charge in [-0.2, -0.15) is 15.0 Å². The largest absolute Gasteiger partial charge is 0.467 e. The second-order valence-corrected chi connectivity index (χ2v) is 6.14. The van der Waals surface area contributed by atoms with Crippen LogP contribution in [0.4, 0.5) is 11.9 Å². The molecule has 3 rings (SSSR count). The Morgan fingerprint density at radius 3 is 2.38 bits per heavy atom. The number of rotatable bonds is 3. The lowest BCUT2D eigenvalue weighted by Crippen LogP contribution is -2.42. The fourth-order valence-electron chi connectivity index (χ4n) is 3.63. The van der Waals surface area contributed by atoms with E-state index in [1.165, 1.54) is 44.9 Å². The van der Waals surface area contributed by atoms with Crippen LogP contribution >= 0.6 is 0 Å². The van der Waals surface area contributed by atoms with Crippen LogP contribution < -0.4 is 20.9 Å². The molecule has 2 heterocycles. The standard InChI is InChI=1S/C14H24N6O/c1-21-13-17-11(19-15)16-12(18-13)20-9-7-14(8-10-20)5-3-2-4-6-14/h2-10,15H2,1H3,(H,16,17,18,19). The van der Waals surface area contributed by atoms with Gasteiger partial charge in [-0.25, -0.2) is 5.84 Å². The summed E-state index contributed by atoms with van der Waals surface area (Å²) < 4.78 is 5.11. The summed E-state index contributed by atoms with van der Waals surface area (Å²) in [6.45, 7) is 1.99. The third kappa shape index (κ3) is 3.02. The zero-order valence-electron chi connectivity index (χ0n) is 12.6. The van der Waals surface area contributed by atoms with E-state index < -0.39 is 0 Å². The smallest absolute Gasteiger partial charge is 0.322 e. The molecular formula is C14H24N6O. The summed E-state index contributed by atoms with van der Waals surface area (Å²) >= 11 is 0. The molecule has 7 heteroatoms. The minimum Gasteiger partial charge on any atom is -0.467 e. The van der Waals surface area contributed by atoms with Crippen LogP contribution in [0.3, 0.4) is 0 Å². The van der Waals surface area contributed by atoms with Crippen molar-refractivity contribution in [1.82, 2.24) is 15.0 Å². The summed E-state index contributed by atoms with van der Waals surface area (Å²) in [5.74, 6) is 6.40. The van der Waals surface area contributed by atoms with Crippen LogP contribution in [-0.4, -0.2) is 35.2 Å². The van der Waals surface area contributed by atoms with E-state index in [1.807, 2.05) is 0 Å². The van der Waals surface area contributed by atoms with Crippen molar-refractivity contribution in [2.24, 2.45) is 11.3 Å². The number of hydrazine groups is 1. The highest BCUT2D eigenvalue weighted by Crippen LogP contribution is 2.44. The van der Waals surface area contributed by atoms with Gasteiger partial charge in [-0.3, -0.25) is 5.43 Å². The second kappa shape index (κ2) is 6.01. The first kappa shape index (κ1) is 14.3. The first-order chi connectivity index (χ1) is 10.2. The van der Waals surface area contributed by atoms with Gasteiger partial charge < -0.3 is 9.64 Å². The maximum absolute atomic E-state index is 5.41. The zero-order chi connectivity index (χ0) is 14.7. The highest BCUT2D eigenvalue weighted by molar-refractivity contribution is 5.38. The molecule has 1 saturated heterocycles. The second-order valence-electron chi connectivity index (χ2n) is 6.14. The number of anilines is 2. The van der Waals surface area contributed by atoms with Gasteiger partial charge >= 0.3 is 6.01 Å². The summed E-state index contributed by atoms with van der Waals surface area (Å²) in [6.07, 6.45) is 9.41. The molecule has 1 spiro atoms. The van der Waals surface area contributed by atoms with Crippen molar-refractivity contribution in [3.8, 4) is 6.01 Å². The summed E-state index contributed by atoms with van der Waals surface area (Å²) in [7, 11) is 1.55. The monoisotopic (exact) mass is 292 g/mol. The van der Waals surface area contributed by atoms with Crippen LogP contribution in [-0.2, 0) is 0 Å². The van der Waals surface area contributed by atoms with E-state index in [0.717, 1.165) is 13.1 Å². The van der Waals surface area contributed by atoms with Crippen molar-refractivity contribution < 1.29 is 4.74 Å². The van der Waals surface area contributed by atoms with Crippen LogP contribution in [0.15, 0.2) is 0 Å². The molecule has 2 fully saturated rings. The predicted molar refractivity (Wildman–Crippen MR) is 81.2 cm³/mol. The molecule has 1 aromatic heterocycles. The Labute approximate surface area is 125 Å². The average Bonchev–Trinajstić information content (AvgIpc) is 2.55. The fraction of sp³-hybridized carbons (Fsp3) is 0.786. The number of aromatic nitrogens is 3. The van der Waals surface area contributed by atoms with Gasteiger partial charge in [0.1, 0.15) is 0 Å². The van der Waals surface area contributed by atoms with E-state index in [9.17, 15) is 0 Å². The van der Waals surface area contributed by atoms with E-state index >= 15 is 0 Å². The number of methoxy groups -OCH3 is 1.